The molecule has 0 saturated carbocycles. The number of amides is 1. The van der Waals surface area contributed by atoms with Gasteiger partial charge in [-0.15, -0.1) is 0 Å². The lowest BCUT2D eigenvalue weighted by atomic mass is 10.0. The molecule has 1 unspecified atom stereocenters. The van der Waals surface area contributed by atoms with Crippen LogP contribution >= 0.6 is 0 Å². The largest absolute Gasteiger partial charge is 0.464 e. The summed E-state index contributed by atoms with van der Waals surface area (Å²) in [4.78, 5) is 23.9. The van der Waals surface area contributed by atoms with E-state index in [1.807, 2.05) is 0 Å². The predicted octanol–water partition coefficient (Wildman–Crippen LogP) is 2.30. The first-order chi connectivity index (χ1) is 12.7. The van der Waals surface area contributed by atoms with E-state index in [0.29, 0.717) is 6.54 Å². The number of hydrogen-bond acceptors (Lipinski definition) is 5. The number of carbonyl (C=O) groups is 2. The molecule has 1 atom stereocenters. The number of esters is 1. The van der Waals surface area contributed by atoms with Gasteiger partial charge in [-0.05, 0) is 55.4 Å². The molecule has 6 heteroatoms. The summed E-state index contributed by atoms with van der Waals surface area (Å²) < 4.78 is 16.1. The van der Waals surface area contributed by atoms with Gasteiger partial charge in [-0.25, -0.2) is 0 Å². The van der Waals surface area contributed by atoms with Crippen LogP contribution in [0.5, 0.6) is 0 Å². The topological polar surface area (TPSA) is 77.8 Å². The number of rotatable bonds is 6. The number of fused-ring (bicyclic) bond motifs is 2. The highest BCUT2D eigenvalue weighted by Gasteiger charge is 2.19. The fourth-order valence-electron chi connectivity index (χ4n) is 3.72. The van der Waals surface area contributed by atoms with Crippen molar-refractivity contribution in [3.8, 4) is 0 Å². The van der Waals surface area contributed by atoms with Crippen LogP contribution < -0.4 is 5.32 Å². The Balaban J connectivity index is 1.29. The Morgan fingerprint density at radius 3 is 2.85 bits per heavy atom. The zero-order chi connectivity index (χ0) is 17.9. The van der Waals surface area contributed by atoms with Gasteiger partial charge >= 0.3 is 5.97 Å². The van der Waals surface area contributed by atoms with Crippen LogP contribution in [-0.4, -0.2) is 37.7 Å². The second kappa shape index (κ2) is 7.50. The molecule has 4 rings (SSSR count). The van der Waals surface area contributed by atoms with Crippen molar-refractivity contribution in [3.05, 3.63) is 35.1 Å². The van der Waals surface area contributed by atoms with E-state index in [-0.39, 0.29) is 25.0 Å². The summed E-state index contributed by atoms with van der Waals surface area (Å²) in [6.07, 6.45) is 7.10. The molecule has 0 spiro atoms. The van der Waals surface area contributed by atoms with Gasteiger partial charge in [0.25, 0.3) is 5.91 Å². The van der Waals surface area contributed by atoms with Gasteiger partial charge in [0.1, 0.15) is 5.58 Å². The van der Waals surface area contributed by atoms with Crippen molar-refractivity contribution in [1.29, 1.82) is 0 Å². The Morgan fingerprint density at radius 2 is 2.04 bits per heavy atom. The number of carbonyl (C=O) groups excluding carboxylic acids is 2. The molecule has 1 aliphatic carbocycles. The minimum Gasteiger partial charge on any atom is -0.464 e. The number of aryl methyl sites for hydroxylation is 2. The molecule has 1 N–H and O–H groups in total. The van der Waals surface area contributed by atoms with Crippen LogP contribution in [0.25, 0.3) is 11.0 Å². The second-order valence-electron chi connectivity index (χ2n) is 7.01. The minimum absolute atomic E-state index is 0.0775. The fraction of sp³-hybridized carbons (Fsp3) is 0.500. The first-order valence-electron chi connectivity index (χ1n) is 9.25. The highest BCUT2D eigenvalue weighted by Crippen LogP contribution is 2.30. The van der Waals surface area contributed by atoms with Crippen LogP contribution in [0.15, 0.2) is 22.8 Å². The normalized spacial score (nSPS) is 18.8. The van der Waals surface area contributed by atoms with Crippen LogP contribution in [0.4, 0.5) is 0 Å². The minimum atomic E-state index is -0.430. The van der Waals surface area contributed by atoms with Crippen LogP contribution in [0.3, 0.4) is 0 Å². The number of furan rings is 1. The average molecular weight is 357 g/mol. The maximum absolute atomic E-state index is 12.1. The molecule has 1 aromatic carbocycles. The van der Waals surface area contributed by atoms with E-state index in [2.05, 4.69) is 17.4 Å². The Morgan fingerprint density at radius 1 is 1.19 bits per heavy atom. The lowest BCUT2D eigenvalue weighted by Gasteiger charge is -2.10. The Kier molecular flexibility index (Phi) is 4.93. The number of benzene rings is 1. The lowest BCUT2D eigenvalue weighted by Crippen LogP contribution is -2.35. The van der Waals surface area contributed by atoms with Gasteiger partial charge in [-0.3, -0.25) is 9.59 Å². The highest BCUT2D eigenvalue weighted by atomic mass is 16.5. The third kappa shape index (κ3) is 3.75. The summed E-state index contributed by atoms with van der Waals surface area (Å²) in [6, 6.07) is 4.20. The first-order valence-corrected chi connectivity index (χ1v) is 9.25. The van der Waals surface area contributed by atoms with Gasteiger partial charge < -0.3 is 19.2 Å². The molecule has 2 aliphatic rings. The molecule has 1 fully saturated rings. The summed E-state index contributed by atoms with van der Waals surface area (Å²) in [6.45, 7) is 0.946. The molecule has 138 valence electrons. The Labute approximate surface area is 151 Å². The van der Waals surface area contributed by atoms with Crippen molar-refractivity contribution in [3.63, 3.8) is 0 Å². The zero-order valence-electron chi connectivity index (χ0n) is 14.7. The molecule has 1 amide bonds. The molecular weight excluding hydrogens is 334 g/mol. The van der Waals surface area contributed by atoms with E-state index >= 15 is 0 Å². The number of nitrogens with one attached hydrogen (secondary N) is 1. The van der Waals surface area contributed by atoms with E-state index < -0.39 is 5.97 Å². The van der Waals surface area contributed by atoms with Crippen LogP contribution in [-0.2, 0) is 38.3 Å². The second-order valence-corrected chi connectivity index (χ2v) is 7.01. The maximum atomic E-state index is 12.1. The summed E-state index contributed by atoms with van der Waals surface area (Å²) in [5, 5.41) is 3.70. The predicted molar refractivity (Wildman–Crippen MR) is 94.9 cm³/mol. The summed E-state index contributed by atoms with van der Waals surface area (Å²) in [5.74, 6) is -0.732. The van der Waals surface area contributed by atoms with Crippen molar-refractivity contribution < 1.29 is 23.5 Å². The van der Waals surface area contributed by atoms with Crippen molar-refractivity contribution in [1.82, 2.24) is 5.32 Å². The molecule has 26 heavy (non-hydrogen) atoms. The fourth-order valence-corrected chi connectivity index (χ4v) is 3.72. The quantitative estimate of drug-likeness (QED) is 0.803. The van der Waals surface area contributed by atoms with Crippen LogP contribution in [0.1, 0.15) is 36.0 Å². The van der Waals surface area contributed by atoms with Gasteiger partial charge in [-0.1, -0.05) is 0 Å². The van der Waals surface area contributed by atoms with Gasteiger partial charge in [0.05, 0.1) is 18.8 Å². The van der Waals surface area contributed by atoms with Gasteiger partial charge in [0, 0.05) is 24.1 Å². The zero-order valence-corrected chi connectivity index (χ0v) is 14.7. The molecule has 1 saturated heterocycles. The van der Waals surface area contributed by atoms with Crippen LogP contribution in [0, 0.1) is 0 Å². The third-order valence-corrected chi connectivity index (χ3v) is 5.12. The molecular formula is C20H23NO5. The number of ether oxygens (including phenoxy) is 2. The van der Waals surface area contributed by atoms with Gasteiger partial charge in [0.15, 0.2) is 6.61 Å². The molecule has 2 heterocycles. The molecule has 1 aromatic heterocycles. The molecule has 0 bridgehead atoms. The van der Waals surface area contributed by atoms with Crippen molar-refractivity contribution in [2.75, 3.05) is 19.8 Å². The first kappa shape index (κ1) is 17.1. The van der Waals surface area contributed by atoms with Gasteiger partial charge in [-0.2, -0.15) is 0 Å². The van der Waals surface area contributed by atoms with E-state index in [4.69, 9.17) is 13.9 Å². The highest BCUT2D eigenvalue weighted by molar-refractivity contribution is 5.88. The van der Waals surface area contributed by atoms with Crippen molar-refractivity contribution >= 4 is 22.8 Å². The Hall–Kier alpha value is -2.34. The van der Waals surface area contributed by atoms with Crippen LogP contribution in [0.2, 0.25) is 0 Å². The lowest BCUT2D eigenvalue weighted by molar-refractivity contribution is -0.148. The monoisotopic (exact) mass is 357 g/mol. The SMILES string of the molecule is O=C(COC(=O)Cc1coc2cc3c(cc12)CCC3)NCC1CCCO1. The summed E-state index contributed by atoms with van der Waals surface area (Å²) in [7, 11) is 0. The molecule has 1 aliphatic heterocycles. The third-order valence-electron chi connectivity index (χ3n) is 5.12. The average Bonchev–Trinajstić information content (AvgIpc) is 3.37. The number of hydrogen-bond donors (Lipinski definition) is 1. The molecule has 2 aromatic rings. The van der Waals surface area contributed by atoms with E-state index in [1.165, 1.54) is 17.5 Å². The Bertz CT molecular complexity index is 819. The van der Waals surface area contributed by atoms with E-state index in [0.717, 1.165) is 48.8 Å². The molecule has 6 nitrogen and oxygen atoms in total. The standard InChI is InChI=1S/C20H23NO5/c22-19(21-10-16-5-2-6-24-16)12-26-20(23)9-15-11-25-18-8-14-4-1-3-13(14)7-17(15)18/h7-8,11,16H,1-6,9-10,12H2,(H,21,22). The van der Waals surface area contributed by atoms with Gasteiger partial charge in [0.2, 0.25) is 0 Å². The summed E-state index contributed by atoms with van der Waals surface area (Å²) in [5.41, 5.74) is 4.29. The van der Waals surface area contributed by atoms with E-state index in [9.17, 15) is 9.59 Å². The van der Waals surface area contributed by atoms with Crippen molar-refractivity contribution in [2.24, 2.45) is 0 Å². The smallest absolute Gasteiger partial charge is 0.310 e. The summed E-state index contributed by atoms with van der Waals surface area (Å²) >= 11 is 0. The van der Waals surface area contributed by atoms with Crippen molar-refractivity contribution in [2.45, 2.75) is 44.6 Å². The maximum Gasteiger partial charge on any atom is 0.310 e. The molecule has 0 radical (unpaired) electrons. The van der Waals surface area contributed by atoms with E-state index in [1.54, 1.807) is 6.26 Å².